The maximum Gasteiger partial charge on any atom is 0.204 e. The highest BCUT2D eigenvalue weighted by molar-refractivity contribution is 5.51. The zero-order chi connectivity index (χ0) is 12.7. The van der Waals surface area contributed by atoms with E-state index in [1.165, 1.54) is 12.8 Å². The van der Waals surface area contributed by atoms with Crippen LogP contribution in [0, 0.1) is 0 Å². The number of rotatable bonds is 3. The van der Waals surface area contributed by atoms with Crippen LogP contribution >= 0.6 is 0 Å². The van der Waals surface area contributed by atoms with Crippen molar-refractivity contribution in [2.24, 2.45) is 0 Å². The average Bonchev–Trinajstić information content (AvgIpc) is 3.01. The van der Waals surface area contributed by atoms with Gasteiger partial charge in [0.25, 0.3) is 0 Å². The van der Waals surface area contributed by atoms with E-state index < -0.39 is 0 Å². The molecular weight excluding hydrogens is 240 g/mol. The summed E-state index contributed by atoms with van der Waals surface area (Å²) in [7, 11) is 0. The number of hydrogen-bond donors (Lipinski definition) is 0. The van der Waals surface area contributed by atoms with Gasteiger partial charge in [-0.25, -0.2) is 9.67 Å². The molecule has 0 radical (unpaired) electrons. The predicted molar refractivity (Wildman–Crippen MR) is 68.8 cm³/mol. The van der Waals surface area contributed by atoms with Crippen LogP contribution in [0.4, 0.5) is 0 Å². The van der Waals surface area contributed by atoms with Crippen LogP contribution in [0.1, 0.15) is 24.6 Å². The zero-order valence-corrected chi connectivity index (χ0v) is 10.2. The molecule has 0 unspecified atom stereocenters. The lowest BCUT2D eigenvalue weighted by Crippen LogP contribution is -1.98. The molecule has 0 atom stereocenters. The van der Waals surface area contributed by atoms with Gasteiger partial charge in [-0.05, 0) is 25.0 Å². The standard InChI is InChI=1S/C14H12N4O/c1-2-4-11(5-3-1)18-14(12-8-9-15-19-12)16-13(17-18)10-6-7-10/h1-5,8-10H,6-7H2. The minimum atomic E-state index is 0.506. The third kappa shape index (κ3) is 1.83. The average molecular weight is 252 g/mol. The fraction of sp³-hybridized carbons (Fsp3) is 0.214. The van der Waals surface area contributed by atoms with E-state index >= 15 is 0 Å². The summed E-state index contributed by atoms with van der Waals surface area (Å²) in [6.07, 6.45) is 3.97. The van der Waals surface area contributed by atoms with Crippen molar-refractivity contribution in [3.8, 4) is 17.3 Å². The van der Waals surface area contributed by atoms with E-state index in [0.717, 1.165) is 11.5 Å². The molecule has 5 nitrogen and oxygen atoms in total. The molecule has 2 heterocycles. The molecule has 0 spiro atoms. The highest BCUT2D eigenvalue weighted by atomic mass is 16.5. The molecule has 1 fully saturated rings. The van der Waals surface area contributed by atoms with E-state index in [-0.39, 0.29) is 0 Å². The summed E-state index contributed by atoms with van der Waals surface area (Å²) in [5, 5.41) is 8.36. The number of nitrogens with zero attached hydrogens (tertiary/aromatic N) is 4. The Morgan fingerprint density at radius 2 is 1.95 bits per heavy atom. The molecule has 1 aromatic carbocycles. The van der Waals surface area contributed by atoms with E-state index in [0.29, 0.717) is 17.5 Å². The summed E-state index contributed by atoms with van der Waals surface area (Å²) < 4.78 is 7.05. The van der Waals surface area contributed by atoms with Gasteiger partial charge in [0.2, 0.25) is 11.6 Å². The lowest BCUT2D eigenvalue weighted by atomic mass is 10.3. The zero-order valence-electron chi connectivity index (χ0n) is 10.2. The van der Waals surface area contributed by atoms with Crippen LogP contribution in [-0.4, -0.2) is 19.9 Å². The largest absolute Gasteiger partial charge is 0.353 e. The van der Waals surface area contributed by atoms with Crippen molar-refractivity contribution in [2.45, 2.75) is 18.8 Å². The summed E-state index contributed by atoms with van der Waals surface area (Å²) in [5.41, 5.74) is 0.980. The normalized spacial score (nSPS) is 14.7. The van der Waals surface area contributed by atoms with Gasteiger partial charge in [-0.15, -0.1) is 0 Å². The van der Waals surface area contributed by atoms with Crippen LogP contribution in [0.25, 0.3) is 17.3 Å². The monoisotopic (exact) mass is 252 g/mol. The molecule has 0 N–H and O–H groups in total. The molecule has 19 heavy (non-hydrogen) atoms. The van der Waals surface area contributed by atoms with Gasteiger partial charge in [-0.2, -0.15) is 5.10 Å². The van der Waals surface area contributed by atoms with E-state index in [1.54, 1.807) is 12.3 Å². The van der Waals surface area contributed by atoms with Gasteiger partial charge >= 0.3 is 0 Å². The first-order valence-electron chi connectivity index (χ1n) is 6.35. The van der Waals surface area contributed by atoms with Crippen molar-refractivity contribution in [3.63, 3.8) is 0 Å². The summed E-state index contributed by atoms with van der Waals surface area (Å²) >= 11 is 0. The topological polar surface area (TPSA) is 56.7 Å². The molecule has 5 heteroatoms. The number of hydrogen-bond acceptors (Lipinski definition) is 4. The molecule has 2 aromatic heterocycles. The lowest BCUT2D eigenvalue weighted by Gasteiger charge is -2.02. The van der Waals surface area contributed by atoms with E-state index in [4.69, 9.17) is 4.52 Å². The molecule has 4 rings (SSSR count). The first-order valence-corrected chi connectivity index (χ1v) is 6.35. The number of para-hydroxylation sites is 1. The van der Waals surface area contributed by atoms with Crippen molar-refractivity contribution >= 4 is 0 Å². The van der Waals surface area contributed by atoms with Gasteiger partial charge in [0.05, 0.1) is 11.9 Å². The second-order valence-electron chi connectivity index (χ2n) is 4.69. The smallest absolute Gasteiger partial charge is 0.204 e. The second kappa shape index (κ2) is 4.05. The van der Waals surface area contributed by atoms with Gasteiger partial charge < -0.3 is 4.52 Å². The van der Waals surface area contributed by atoms with Gasteiger partial charge in [0, 0.05) is 12.0 Å². The molecule has 0 bridgehead atoms. The maximum absolute atomic E-state index is 5.22. The van der Waals surface area contributed by atoms with Gasteiger partial charge in [-0.3, -0.25) is 0 Å². The third-order valence-corrected chi connectivity index (χ3v) is 3.23. The molecule has 1 aliphatic rings. The lowest BCUT2D eigenvalue weighted by molar-refractivity contribution is 0.428. The van der Waals surface area contributed by atoms with Crippen LogP contribution in [-0.2, 0) is 0 Å². The molecule has 3 aromatic rings. The van der Waals surface area contributed by atoms with Crippen LogP contribution < -0.4 is 0 Å². The Kier molecular flexibility index (Phi) is 2.24. The number of benzene rings is 1. The fourth-order valence-corrected chi connectivity index (χ4v) is 2.08. The van der Waals surface area contributed by atoms with Crippen molar-refractivity contribution in [2.75, 3.05) is 0 Å². The highest BCUT2D eigenvalue weighted by Crippen LogP contribution is 2.39. The Morgan fingerprint density at radius 1 is 1.11 bits per heavy atom. The van der Waals surface area contributed by atoms with Crippen LogP contribution in [0.5, 0.6) is 0 Å². The highest BCUT2D eigenvalue weighted by Gasteiger charge is 2.30. The molecule has 94 valence electrons. The van der Waals surface area contributed by atoms with Crippen LogP contribution in [0.2, 0.25) is 0 Å². The first kappa shape index (κ1) is 10.5. The van der Waals surface area contributed by atoms with E-state index in [2.05, 4.69) is 15.2 Å². The van der Waals surface area contributed by atoms with E-state index in [9.17, 15) is 0 Å². The van der Waals surface area contributed by atoms with E-state index in [1.807, 2.05) is 35.0 Å². The Labute approximate surface area is 109 Å². The Morgan fingerprint density at radius 3 is 2.63 bits per heavy atom. The fourth-order valence-electron chi connectivity index (χ4n) is 2.08. The summed E-state index contributed by atoms with van der Waals surface area (Å²) in [4.78, 5) is 4.61. The quantitative estimate of drug-likeness (QED) is 0.719. The summed E-state index contributed by atoms with van der Waals surface area (Å²) in [6.45, 7) is 0. The molecule has 0 aliphatic heterocycles. The SMILES string of the molecule is c1ccc(-n2nc(C3CC3)nc2-c2ccno2)cc1. The molecular formula is C14H12N4O. The van der Waals surface area contributed by atoms with Crippen molar-refractivity contribution < 1.29 is 4.52 Å². The van der Waals surface area contributed by atoms with Crippen molar-refractivity contribution in [1.29, 1.82) is 0 Å². The summed E-state index contributed by atoms with van der Waals surface area (Å²) in [5.74, 6) is 2.76. The number of aromatic nitrogens is 4. The Bertz CT molecular complexity index is 684. The Balaban J connectivity index is 1.88. The Hall–Kier alpha value is -2.43. The van der Waals surface area contributed by atoms with Crippen LogP contribution in [0.15, 0.2) is 47.1 Å². The molecule has 0 saturated heterocycles. The summed E-state index contributed by atoms with van der Waals surface area (Å²) in [6, 6.07) is 11.8. The molecule has 1 saturated carbocycles. The first-order chi connectivity index (χ1) is 9.42. The predicted octanol–water partition coefficient (Wildman–Crippen LogP) is 2.80. The second-order valence-corrected chi connectivity index (χ2v) is 4.69. The third-order valence-electron chi connectivity index (χ3n) is 3.23. The molecule has 0 amide bonds. The van der Waals surface area contributed by atoms with Crippen molar-refractivity contribution in [1.82, 2.24) is 19.9 Å². The van der Waals surface area contributed by atoms with Gasteiger partial charge in [0.15, 0.2) is 5.82 Å². The van der Waals surface area contributed by atoms with Gasteiger partial charge in [0.1, 0.15) is 0 Å². The molecule has 1 aliphatic carbocycles. The van der Waals surface area contributed by atoms with Crippen molar-refractivity contribution in [3.05, 3.63) is 48.4 Å². The maximum atomic E-state index is 5.22. The minimum absolute atomic E-state index is 0.506. The van der Waals surface area contributed by atoms with Crippen LogP contribution in [0.3, 0.4) is 0 Å². The van der Waals surface area contributed by atoms with Gasteiger partial charge in [-0.1, -0.05) is 23.4 Å². The minimum Gasteiger partial charge on any atom is -0.353 e.